The van der Waals surface area contributed by atoms with Crippen LogP contribution in [0.25, 0.3) is 0 Å². The third-order valence-corrected chi connectivity index (χ3v) is 5.30. The normalized spacial score (nSPS) is 19.4. The Labute approximate surface area is 157 Å². The molecule has 1 amide bonds. The molecule has 2 aliphatic heterocycles. The zero-order chi connectivity index (χ0) is 19.4. The van der Waals surface area contributed by atoms with Gasteiger partial charge in [0.05, 0.1) is 18.8 Å². The Balaban J connectivity index is 1.66. The Morgan fingerprint density at radius 1 is 1.19 bits per heavy atom. The van der Waals surface area contributed by atoms with E-state index in [0.29, 0.717) is 45.1 Å². The SMILES string of the molecule is CC(=O)N1CCC(NCc2ccc(N3CCOCC3)cc2C(F)(F)F)CC1. The van der Waals surface area contributed by atoms with Gasteiger partial charge in [0.1, 0.15) is 0 Å². The fourth-order valence-corrected chi connectivity index (χ4v) is 3.65. The first-order valence-electron chi connectivity index (χ1n) is 9.36. The number of halogens is 3. The van der Waals surface area contributed by atoms with Crippen molar-refractivity contribution in [1.29, 1.82) is 0 Å². The predicted molar refractivity (Wildman–Crippen MR) is 96.6 cm³/mol. The first-order chi connectivity index (χ1) is 12.8. The molecule has 2 fully saturated rings. The summed E-state index contributed by atoms with van der Waals surface area (Å²) < 4.78 is 46.0. The van der Waals surface area contributed by atoms with Crippen LogP contribution in [0.4, 0.5) is 18.9 Å². The number of nitrogens with zero attached hydrogens (tertiary/aromatic N) is 2. The molecule has 0 saturated carbocycles. The molecule has 0 atom stereocenters. The second-order valence-electron chi connectivity index (χ2n) is 7.10. The number of ether oxygens (including phenoxy) is 1. The van der Waals surface area contributed by atoms with Gasteiger partial charge in [-0.05, 0) is 30.5 Å². The van der Waals surface area contributed by atoms with Crippen molar-refractivity contribution in [3.05, 3.63) is 29.3 Å². The van der Waals surface area contributed by atoms with E-state index in [0.717, 1.165) is 12.8 Å². The largest absolute Gasteiger partial charge is 0.416 e. The highest BCUT2D eigenvalue weighted by molar-refractivity contribution is 5.73. The molecule has 1 N–H and O–H groups in total. The van der Waals surface area contributed by atoms with Crippen molar-refractivity contribution in [2.24, 2.45) is 0 Å². The van der Waals surface area contributed by atoms with Gasteiger partial charge < -0.3 is 19.9 Å². The highest BCUT2D eigenvalue weighted by Crippen LogP contribution is 2.35. The van der Waals surface area contributed by atoms with E-state index in [1.54, 1.807) is 24.0 Å². The molecule has 0 bridgehead atoms. The number of morpholine rings is 1. The fraction of sp³-hybridized carbons (Fsp3) is 0.632. The average molecular weight is 385 g/mol. The minimum atomic E-state index is -4.39. The monoisotopic (exact) mass is 385 g/mol. The first-order valence-corrected chi connectivity index (χ1v) is 9.36. The lowest BCUT2D eigenvalue weighted by molar-refractivity contribution is -0.138. The quantitative estimate of drug-likeness (QED) is 0.866. The molecule has 150 valence electrons. The van der Waals surface area contributed by atoms with Crippen molar-refractivity contribution in [2.75, 3.05) is 44.3 Å². The number of benzene rings is 1. The lowest BCUT2D eigenvalue weighted by Gasteiger charge is -2.32. The summed E-state index contributed by atoms with van der Waals surface area (Å²) in [5, 5.41) is 3.24. The average Bonchev–Trinajstić information content (AvgIpc) is 2.66. The van der Waals surface area contributed by atoms with E-state index in [-0.39, 0.29) is 24.1 Å². The molecule has 0 spiro atoms. The van der Waals surface area contributed by atoms with Gasteiger partial charge in [0, 0.05) is 51.4 Å². The van der Waals surface area contributed by atoms with Crippen LogP contribution >= 0.6 is 0 Å². The third-order valence-electron chi connectivity index (χ3n) is 5.30. The number of hydrogen-bond acceptors (Lipinski definition) is 4. The van der Waals surface area contributed by atoms with Gasteiger partial charge in [-0.1, -0.05) is 6.07 Å². The molecule has 1 aromatic rings. The Bertz CT molecular complexity index is 652. The number of amides is 1. The number of carbonyl (C=O) groups excluding carboxylic acids is 1. The molecule has 0 aromatic heterocycles. The highest BCUT2D eigenvalue weighted by Gasteiger charge is 2.34. The van der Waals surface area contributed by atoms with E-state index in [9.17, 15) is 18.0 Å². The van der Waals surface area contributed by atoms with Crippen molar-refractivity contribution >= 4 is 11.6 Å². The summed E-state index contributed by atoms with van der Waals surface area (Å²) in [7, 11) is 0. The number of nitrogens with one attached hydrogen (secondary N) is 1. The zero-order valence-corrected chi connectivity index (χ0v) is 15.5. The van der Waals surface area contributed by atoms with Crippen LogP contribution in [0.15, 0.2) is 18.2 Å². The smallest absolute Gasteiger partial charge is 0.378 e. The molecule has 5 nitrogen and oxygen atoms in total. The molecule has 0 unspecified atom stereocenters. The molecule has 0 aliphatic carbocycles. The molecular weight excluding hydrogens is 359 g/mol. The van der Waals surface area contributed by atoms with E-state index in [4.69, 9.17) is 4.74 Å². The van der Waals surface area contributed by atoms with Crippen LogP contribution in [0.2, 0.25) is 0 Å². The summed E-state index contributed by atoms with van der Waals surface area (Å²) >= 11 is 0. The van der Waals surface area contributed by atoms with Crippen LogP contribution in [0.3, 0.4) is 0 Å². The van der Waals surface area contributed by atoms with E-state index in [2.05, 4.69) is 5.32 Å². The number of alkyl halides is 3. The second-order valence-corrected chi connectivity index (χ2v) is 7.10. The van der Waals surface area contributed by atoms with E-state index in [1.807, 2.05) is 4.90 Å². The van der Waals surface area contributed by atoms with Gasteiger partial charge in [0.15, 0.2) is 0 Å². The van der Waals surface area contributed by atoms with Crippen molar-refractivity contribution in [1.82, 2.24) is 10.2 Å². The molecule has 0 radical (unpaired) electrons. The summed E-state index contributed by atoms with van der Waals surface area (Å²) in [6, 6.07) is 4.71. The summed E-state index contributed by atoms with van der Waals surface area (Å²) in [5.41, 5.74) is 0.262. The van der Waals surface area contributed by atoms with E-state index in [1.165, 1.54) is 6.07 Å². The van der Waals surface area contributed by atoms with Crippen LogP contribution in [0, 0.1) is 0 Å². The zero-order valence-electron chi connectivity index (χ0n) is 15.5. The maximum atomic E-state index is 13.6. The van der Waals surface area contributed by atoms with Gasteiger partial charge in [0.2, 0.25) is 5.91 Å². The number of carbonyl (C=O) groups is 1. The number of piperidine rings is 1. The lowest BCUT2D eigenvalue weighted by Crippen LogP contribution is -2.44. The molecule has 2 saturated heterocycles. The van der Waals surface area contributed by atoms with Gasteiger partial charge in [-0.15, -0.1) is 0 Å². The summed E-state index contributed by atoms with van der Waals surface area (Å²) in [6.07, 6.45) is -2.88. The van der Waals surface area contributed by atoms with Gasteiger partial charge >= 0.3 is 6.18 Å². The summed E-state index contributed by atoms with van der Waals surface area (Å²) in [5.74, 6) is 0.0477. The Morgan fingerprint density at radius 2 is 1.85 bits per heavy atom. The maximum absolute atomic E-state index is 13.6. The van der Waals surface area contributed by atoms with Crippen molar-refractivity contribution in [3.63, 3.8) is 0 Å². The molecule has 3 rings (SSSR count). The molecule has 8 heteroatoms. The predicted octanol–water partition coefficient (Wildman–Crippen LogP) is 2.64. The van der Waals surface area contributed by atoms with Crippen LogP contribution in [0.5, 0.6) is 0 Å². The Kier molecular flexibility index (Phi) is 6.26. The van der Waals surface area contributed by atoms with Gasteiger partial charge in [0.25, 0.3) is 0 Å². The van der Waals surface area contributed by atoms with Crippen LogP contribution in [-0.4, -0.2) is 56.2 Å². The number of rotatable bonds is 4. The van der Waals surface area contributed by atoms with Crippen molar-refractivity contribution < 1.29 is 22.7 Å². The molecule has 1 aromatic carbocycles. The minimum Gasteiger partial charge on any atom is -0.378 e. The van der Waals surface area contributed by atoms with Gasteiger partial charge in [-0.2, -0.15) is 13.2 Å². The lowest BCUT2D eigenvalue weighted by atomic mass is 10.0. The molecular formula is C19H26F3N3O2. The summed E-state index contributed by atoms with van der Waals surface area (Å²) in [4.78, 5) is 15.1. The molecule has 2 aliphatic rings. The maximum Gasteiger partial charge on any atom is 0.416 e. The van der Waals surface area contributed by atoms with Gasteiger partial charge in [-0.25, -0.2) is 0 Å². The minimum absolute atomic E-state index is 0.0477. The third kappa shape index (κ3) is 5.13. The highest BCUT2D eigenvalue weighted by atomic mass is 19.4. The van der Waals surface area contributed by atoms with Crippen LogP contribution < -0.4 is 10.2 Å². The van der Waals surface area contributed by atoms with E-state index >= 15 is 0 Å². The first kappa shape index (κ1) is 19.9. The molecule has 2 heterocycles. The number of hydrogen-bond donors (Lipinski definition) is 1. The van der Waals surface area contributed by atoms with Crippen molar-refractivity contribution in [3.8, 4) is 0 Å². The topological polar surface area (TPSA) is 44.8 Å². The second kappa shape index (κ2) is 8.48. The Morgan fingerprint density at radius 3 is 2.44 bits per heavy atom. The van der Waals surface area contributed by atoms with Crippen LogP contribution in [0.1, 0.15) is 30.9 Å². The van der Waals surface area contributed by atoms with Crippen molar-refractivity contribution in [2.45, 2.75) is 38.5 Å². The summed E-state index contributed by atoms with van der Waals surface area (Å²) in [6.45, 7) is 5.27. The van der Waals surface area contributed by atoms with Crippen LogP contribution in [-0.2, 0) is 22.3 Å². The number of likely N-dealkylation sites (tertiary alicyclic amines) is 1. The standard InChI is InChI=1S/C19H26F3N3O2/c1-14(26)24-6-4-16(5-7-24)23-13-15-2-3-17(12-18(15)19(20,21)22)25-8-10-27-11-9-25/h2-3,12,16,23H,4-11,13H2,1H3. The van der Waals surface area contributed by atoms with E-state index < -0.39 is 11.7 Å². The number of anilines is 1. The Hall–Kier alpha value is -1.80. The molecule has 27 heavy (non-hydrogen) atoms. The fourth-order valence-electron chi connectivity index (χ4n) is 3.65. The van der Waals surface area contributed by atoms with Gasteiger partial charge in [-0.3, -0.25) is 4.79 Å².